The number of nitrogens with zero attached hydrogens (tertiary/aromatic N) is 5. The van der Waals surface area contributed by atoms with Crippen LogP contribution in [0.15, 0.2) is 128 Å². The second-order valence-corrected chi connectivity index (χ2v) is 11.4. The van der Waals surface area contributed by atoms with Crippen LogP contribution < -0.4 is 0 Å². The molecule has 5 aromatic carbocycles. The third-order valence-electron chi connectivity index (χ3n) is 7.90. The Morgan fingerprint density at radius 1 is 0.500 bits per heavy atom. The van der Waals surface area contributed by atoms with Crippen molar-refractivity contribution in [1.82, 2.24) is 24.5 Å². The Morgan fingerprint density at radius 2 is 1.12 bits per heavy atom. The van der Waals surface area contributed by atoms with Crippen LogP contribution in [0.5, 0.6) is 0 Å². The molecular weight excluding hydrogens is 534 g/mol. The van der Waals surface area contributed by atoms with Gasteiger partial charge in [-0.15, -0.1) is 11.3 Å². The highest BCUT2D eigenvalue weighted by Crippen LogP contribution is 2.41. The second-order valence-electron chi connectivity index (χ2n) is 10.3. The van der Waals surface area contributed by atoms with Crippen molar-refractivity contribution < 1.29 is 0 Å². The maximum atomic E-state index is 5.10. The van der Waals surface area contributed by atoms with Gasteiger partial charge in [-0.25, -0.2) is 4.98 Å². The first kappa shape index (κ1) is 23.3. The number of pyridine rings is 1. The van der Waals surface area contributed by atoms with E-state index >= 15 is 0 Å². The highest BCUT2D eigenvalue weighted by atomic mass is 32.1. The highest BCUT2D eigenvalue weighted by molar-refractivity contribution is 7.26. The number of aromatic nitrogens is 5. The van der Waals surface area contributed by atoms with Crippen molar-refractivity contribution in [3.8, 4) is 28.7 Å². The zero-order valence-electron chi connectivity index (χ0n) is 22.3. The van der Waals surface area contributed by atoms with E-state index in [2.05, 4.69) is 65.2 Å². The molecule has 4 heterocycles. The number of para-hydroxylation sites is 1. The molecule has 0 atom stereocenters. The van der Waals surface area contributed by atoms with Crippen LogP contribution in [0.4, 0.5) is 0 Å². The Bertz CT molecular complexity index is 2400. The number of rotatable bonds is 3. The summed E-state index contributed by atoms with van der Waals surface area (Å²) in [6, 6.07) is 41.6. The summed E-state index contributed by atoms with van der Waals surface area (Å²) >= 11 is 1.79. The SMILES string of the molecule is c1ccc(-c2nc(-c3ccccc3)nc(-n3c4ccccc4c4cnc5c(ccc6c7ccccc7sc65)c43)n2)cc1. The Morgan fingerprint density at radius 3 is 1.86 bits per heavy atom. The van der Waals surface area contributed by atoms with Gasteiger partial charge in [0.2, 0.25) is 5.95 Å². The molecule has 0 aliphatic carbocycles. The Labute approximate surface area is 244 Å². The standard InChI is InChI=1S/C36H21N5S/c1-3-11-22(12-4-1)34-38-35(23-13-5-2-6-14-23)40-36(39-34)41-29-17-9-7-15-24(29)28-21-37-31-27(32(28)41)20-19-26-25-16-8-10-18-30(25)42-33(26)31/h1-21H. The van der Waals surface area contributed by atoms with Crippen LogP contribution in [0.25, 0.3) is 81.6 Å². The van der Waals surface area contributed by atoms with Gasteiger partial charge in [-0.2, -0.15) is 9.97 Å². The molecule has 6 heteroatoms. The van der Waals surface area contributed by atoms with Crippen molar-refractivity contribution in [2.45, 2.75) is 0 Å². The quantitative estimate of drug-likeness (QED) is 0.218. The molecule has 9 aromatic rings. The molecule has 0 amide bonds. The monoisotopic (exact) mass is 555 g/mol. The fraction of sp³-hybridized carbons (Fsp3) is 0. The number of fused-ring (bicyclic) bond motifs is 9. The van der Waals surface area contributed by atoms with Gasteiger partial charge in [0.15, 0.2) is 11.6 Å². The average molecular weight is 556 g/mol. The molecule has 0 saturated carbocycles. The van der Waals surface area contributed by atoms with Gasteiger partial charge in [0.05, 0.1) is 21.3 Å². The lowest BCUT2D eigenvalue weighted by atomic mass is 10.1. The van der Waals surface area contributed by atoms with Crippen LogP contribution in [0.1, 0.15) is 0 Å². The highest BCUT2D eigenvalue weighted by Gasteiger charge is 2.21. The van der Waals surface area contributed by atoms with E-state index < -0.39 is 0 Å². The molecule has 5 nitrogen and oxygen atoms in total. The fourth-order valence-electron chi connectivity index (χ4n) is 5.99. The Hall–Kier alpha value is -5.46. The van der Waals surface area contributed by atoms with Gasteiger partial charge in [0.1, 0.15) is 0 Å². The number of hydrogen-bond donors (Lipinski definition) is 0. The van der Waals surface area contributed by atoms with Crippen molar-refractivity contribution in [3.05, 3.63) is 128 Å². The van der Waals surface area contributed by atoms with Crippen molar-refractivity contribution in [2.75, 3.05) is 0 Å². The maximum Gasteiger partial charge on any atom is 0.238 e. The minimum absolute atomic E-state index is 0.581. The van der Waals surface area contributed by atoms with E-state index in [-0.39, 0.29) is 0 Å². The molecule has 0 bridgehead atoms. The Kier molecular flexibility index (Phi) is 5.00. The third-order valence-corrected chi connectivity index (χ3v) is 9.09. The van der Waals surface area contributed by atoms with Gasteiger partial charge in [-0.3, -0.25) is 9.55 Å². The summed E-state index contributed by atoms with van der Waals surface area (Å²) in [5.74, 6) is 1.85. The van der Waals surface area contributed by atoms with Gasteiger partial charge >= 0.3 is 0 Å². The van der Waals surface area contributed by atoms with Crippen LogP contribution in [-0.4, -0.2) is 24.5 Å². The van der Waals surface area contributed by atoms with E-state index in [9.17, 15) is 0 Å². The molecule has 0 N–H and O–H groups in total. The summed E-state index contributed by atoms with van der Waals surface area (Å²) in [7, 11) is 0. The molecule has 0 fully saturated rings. The first-order chi connectivity index (χ1) is 20.8. The molecule has 0 saturated heterocycles. The fourth-order valence-corrected chi connectivity index (χ4v) is 7.19. The van der Waals surface area contributed by atoms with E-state index in [0.29, 0.717) is 17.6 Å². The maximum absolute atomic E-state index is 5.10. The van der Waals surface area contributed by atoms with E-state index in [4.69, 9.17) is 19.9 Å². The normalized spacial score (nSPS) is 11.8. The topological polar surface area (TPSA) is 56.5 Å². The van der Waals surface area contributed by atoms with Crippen molar-refractivity contribution in [2.24, 2.45) is 0 Å². The number of hydrogen-bond acceptors (Lipinski definition) is 5. The summed E-state index contributed by atoms with van der Waals surface area (Å²) in [4.78, 5) is 20.2. The van der Waals surface area contributed by atoms with Gasteiger partial charge in [0.25, 0.3) is 0 Å². The summed E-state index contributed by atoms with van der Waals surface area (Å²) < 4.78 is 4.65. The summed E-state index contributed by atoms with van der Waals surface area (Å²) in [5.41, 5.74) is 4.95. The average Bonchev–Trinajstić information content (AvgIpc) is 3.62. The molecule has 0 aliphatic rings. The number of benzene rings is 5. The van der Waals surface area contributed by atoms with Crippen LogP contribution in [0.2, 0.25) is 0 Å². The van der Waals surface area contributed by atoms with Gasteiger partial charge in [0, 0.05) is 49.0 Å². The first-order valence-corrected chi connectivity index (χ1v) is 14.6. The molecule has 4 aromatic heterocycles. The van der Waals surface area contributed by atoms with Gasteiger partial charge in [-0.1, -0.05) is 103 Å². The smallest absolute Gasteiger partial charge is 0.238 e. The predicted octanol–water partition coefficient (Wildman–Crippen LogP) is 9.22. The molecule has 42 heavy (non-hydrogen) atoms. The van der Waals surface area contributed by atoms with Crippen molar-refractivity contribution >= 4 is 64.2 Å². The lowest BCUT2D eigenvalue weighted by Gasteiger charge is -2.12. The molecular formula is C36H21N5S. The molecule has 0 radical (unpaired) electrons. The second kappa shape index (κ2) is 9.03. The summed E-state index contributed by atoms with van der Waals surface area (Å²) in [6.07, 6.45) is 2.01. The third kappa shape index (κ3) is 3.42. The largest absolute Gasteiger partial charge is 0.277 e. The van der Waals surface area contributed by atoms with Crippen LogP contribution in [-0.2, 0) is 0 Å². The van der Waals surface area contributed by atoms with Crippen molar-refractivity contribution in [3.63, 3.8) is 0 Å². The van der Waals surface area contributed by atoms with E-state index in [1.165, 1.54) is 20.2 Å². The first-order valence-electron chi connectivity index (χ1n) is 13.8. The minimum Gasteiger partial charge on any atom is -0.277 e. The van der Waals surface area contributed by atoms with Gasteiger partial charge < -0.3 is 0 Å². The number of thiophene rings is 1. The molecule has 196 valence electrons. The zero-order valence-corrected chi connectivity index (χ0v) is 23.1. The van der Waals surface area contributed by atoms with Gasteiger partial charge in [-0.05, 0) is 18.2 Å². The predicted molar refractivity (Wildman–Crippen MR) is 173 cm³/mol. The van der Waals surface area contributed by atoms with E-state index in [0.717, 1.165) is 43.8 Å². The molecule has 0 aliphatic heterocycles. The summed E-state index contributed by atoms with van der Waals surface area (Å²) in [5, 5.41) is 5.75. The van der Waals surface area contributed by atoms with Crippen LogP contribution in [0, 0.1) is 0 Å². The molecule has 9 rings (SSSR count). The minimum atomic E-state index is 0.581. The van der Waals surface area contributed by atoms with E-state index in [1.54, 1.807) is 11.3 Å². The lowest BCUT2D eigenvalue weighted by molar-refractivity contribution is 0.955. The Balaban J connectivity index is 1.42. The van der Waals surface area contributed by atoms with Crippen molar-refractivity contribution in [1.29, 1.82) is 0 Å². The lowest BCUT2D eigenvalue weighted by Crippen LogP contribution is -2.06. The zero-order chi connectivity index (χ0) is 27.6. The van der Waals surface area contributed by atoms with Crippen LogP contribution >= 0.6 is 11.3 Å². The van der Waals surface area contributed by atoms with E-state index in [1.807, 2.05) is 66.9 Å². The van der Waals surface area contributed by atoms with Crippen LogP contribution in [0.3, 0.4) is 0 Å². The summed E-state index contributed by atoms with van der Waals surface area (Å²) in [6.45, 7) is 0. The molecule has 0 spiro atoms. The molecule has 0 unspecified atom stereocenters.